The summed E-state index contributed by atoms with van der Waals surface area (Å²) in [6.07, 6.45) is 9.37. The molecule has 3 nitrogen and oxygen atoms in total. The Bertz CT molecular complexity index is 563. The van der Waals surface area contributed by atoms with Crippen molar-refractivity contribution in [2.75, 3.05) is 13.6 Å². The number of hydrogen-bond donors (Lipinski definition) is 2. The maximum atomic E-state index is 8.23. The van der Waals surface area contributed by atoms with Gasteiger partial charge in [0.2, 0.25) is 0 Å². The third kappa shape index (κ3) is 12.5. The number of nitrogens with zero attached hydrogens (tertiary/aromatic N) is 1. The number of hydrogen-bond acceptors (Lipinski definition) is 3. The van der Waals surface area contributed by atoms with Crippen LogP contribution in [-0.4, -0.2) is 24.9 Å². The highest BCUT2D eigenvalue weighted by molar-refractivity contribution is 5.58. The molecule has 1 aromatic carbocycles. The highest BCUT2D eigenvalue weighted by Gasteiger charge is 1.84. The van der Waals surface area contributed by atoms with Crippen LogP contribution in [0, 0.1) is 30.8 Å². The van der Waals surface area contributed by atoms with Crippen molar-refractivity contribution >= 4 is 6.21 Å². The van der Waals surface area contributed by atoms with Crippen LogP contribution in [0.5, 0.6) is 0 Å². The van der Waals surface area contributed by atoms with Crippen LogP contribution < -0.4 is 5.32 Å². The molecule has 0 bridgehead atoms. The van der Waals surface area contributed by atoms with Crippen LogP contribution in [0.15, 0.2) is 41.5 Å². The fraction of sp³-hybridized carbons (Fsp3) is 0.316. The maximum Gasteiger partial charge on any atom is 0.113 e. The van der Waals surface area contributed by atoms with E-state index in [1.807, 2.05) is 50.6 Å². The van der Waals surface area contributed by atoms with Gasteiger partial charge in [0, 0.05) is 24.1 Å². The fourth-order valence-electron chi connectivity index (χ4n) is 1.37. The van der Waals surface area contributed by atoms with E-state index in [1.54, 1.807) is 19.2 Å². The number of unbranched alkanes of at least 4 members (excludes halogenated alkanes) is 1. The summed E-state index contributed by atoms with van der Waals surface area (Å²) in [5.41, 5.74) is 2.04. The molecule has 0 saturated carbocycles. The molecule has 1 aromatic rings. The Kier molecular flexibility index (Phi) is 13.2. The molecule has 0 atom stereocenters. The smallest absolute Gasteiger partial charge is 0.113 e. The lowest BCUT2D eigenvalue weighted by molar-refractivity contribution is 0.517. The van der Waals surface area contributed by atoms with Gasteiger partial charge in [0.1, 0.15) is 6.11 Å². The molecule has 0 unspecified atom stereocenters. The van der Waals surface area contributed by atoms with Crippen LogP contribution in [0.2, 0.25) is 0 Å². The first kappa shape index (κ1) is 19.5. The van der Waals surface area contributed by atoms with Gasteiger partial charge in [0.05, 0.1) is 0 Å². The monoisotopic (exact) mass is 296 g/mol. The average Bonchev–Trinajstić information content (AvgIpc) is 2.53. The number of benzene rings is 1. The van der Waals surface area contributed by atoms with E-state index in [4.69, 9.17) is 5.11 Å². The average molecular weight is 296 g/mol. The van der Waals surface area contributed by atoms with Crippen LogP contribution in [-0.2, 0) is 0 Å². The molecule has 0 amide bonds. The van der Waals surface area contributed by atoms with Gasteiger partial charge in [-0.1, -0.05) is 23.6 Å². The van der Waals surface area contributed by atoms with Crippen molar-refractivity contribution in [1.29, 1.82) is 0 Å². The highest BCUT2D eigenvalue weighted by Crippen LogP contribution is 2.00. The Labute approximate surface area is 134 Å². The number of aliphatic hydroxyl groups is 1. The topological polar surface area (TPSA) is 44.6 Å². The van der Waals surface area contributed by atoms with Gasteiger partial charge in [-0.2, -0.15) is 0 Å². The third-order valence-corrected chi connectivity index (χ3v) is 2.51. The van der Waals surface area contributed by atoms with Crippen molar-refractivity contribution in [3.63, 3.8) is 0 Å². The molecule has 22 heavy (non-hydrogen) atoms. The molecule has 116 valence electrons. The van der Waals surface area contributed by atoms with Gasteiger partial charge in [0.15, 0.2) is 0 Å². The van der Waals surface area contributed by atoms with Crippen LogP contribution >= 0.6 is 0 Å². The Balaban J connectivity index is 0.000000406. The second kappa shape index (κ2) is 14.9. The summed E-state index contributed by atoms with van der Waals surface area (Å²) < 4.78 is 0. The van der Waals surface area contributed by atoms with Crippen LogP contribution in [0.3, 0.4) is 0 Å². The third-order valence-electron chi connectivity index (χ3n) is 2.51. The van der Waals surface area contributed by atoms with Crippen LogP contribution in [0.1, 0.15) is 30.9 Å². The van der Waals surface area contributed by atoms with Gasteiger partial charge in [-0.25, -0.2) is 0 Å². The Hall–Kier alpha value is -2.49. The van der Waals surface area contributed by atoms with E-state index in [9.17, 15) is 0 Å². The molecule has 0 aliphatic carbocycles. The van der Waals surface area contributed by atoms with Gasteiger partial charge >= 0.3 is 0 Å². The Morgan fingerprint density at radius 2 is 2.00 bits per heavy atom. The molecule has 2 N–H and O–H groups in total. The lowest BCUT2D eigenvalue weighted by atomic mass is 10.2. The number of nitrogens with one attached hydrogen (secondary N) is 1. The van der Waals surface area contributed by atoms with E-state index in [-0.39, 0.29) is 0 Å². The molecule has 0 heterocycles. The lowest BCUT2D eigenvalue weighted by Gasteiger charge is -1.91. The molecular weight excluding hydrogens is 272 g/mol. The quantitative estimate of drug-likeness (QED) is 0.497. The SMILES string of the molecule is CC#C/C=C\N=CCCCNC.Cc1ccc(C#CO)cc1. The molecule has 0 aliphatic rings. The summed E-state index contributed by atoms with van der Waals surface area (Å²) in [5.74, 6) is 8.09. The maximum absolute atomic E-state index is 8.23. The minimum absolute atomic E-state index is 0.841. The highest BCUT2D eigenvalue weighted by atomic mass is 16.2. The Morgan fingerprint density at radius 3 is 2.59 bits per heavy atom. The summed E-state index contributed by atoms with van der Waals surface area (Å²) in [6.45, 7) is 4.86. The summed E-state index contributed by atoms with van der Waals surface area (Å²) >= 11 is 0. The van der Waals surface area contributed by atoms with Crippen LogP contribution in [0.4, 0.5) is 0 Å². The molecule has 0 spiro atoms. The molecule has 0 aliphatic heterocycles. The van der Waals surface area contributed by atoms with Crippen molar-refractivity contribution in [2.45, 2.75) is 26.7 Å². The lowest BCUT2D eigenvalue weighted by Crippen LogP contribution is -2.06. The van der Waals surface area contributed by atoms with Crippen molar-refractivity contribution in [3.8, 4) is 23.9 Å². The molecule has 3 heteroatoms. The predicted molar refractivity (Wildman–Crippen MR) is 94.2 cm³/mol. The number of allylic oxidation sites excluding steroid dienone is 1. The molecule has 0 fully saturated rings. The zero-order valence-corrected chi connectivity index (χ0v) is 13.6. The van der Waals surface area contributed by atoms with Crippen molar-refractivity contribution in [2.24, 2.45) is 4.99 Å². The second-order valence-electron chi connectivity index (χ2n) is 4.39. The van der Waals surface area contributed by atoms with Gasteiger partial charge in [-0.15, -0.1) is 5.92 Å². The summed E-state index contributed by atoms with van der Waals surface area (Å²) in [7, 11) is 1.95. The van der Waals surface area contributed by atoms with E-state index in [1.165, 1.54) is 5.56 Å². The summed E-state index contributed by atoms with van der Waals surface area (Å²) in [6, 6.07) is 7.66. The van der Waals surface area contributed by atoms with E-state index < -0.39 is 0 Å². The number of rotatable bonds is 5. The van der Waals surface area contributed by atoms with E-state index >= 15 is 0 Å². The summed E-state index contributed by atoms with van der Waals surface area (Å²) in [4.78, 5) is 4.04. The second-order valence-corrected chi connectivity index (χ2v) is 4.39. The Morgan fingerprint density at radius 1 is 1.27 bits per heavy atom. The van der Waals surface area contributed by atoms with Crippen molar-refractivity contribution in [1.82, 2.24) is 5.32 Å². The minimum Gasteiger partial charge on any atom is -0.462 e. The largest absolute Gasteiger partial charge is 0.462 e. The van der Waals surface area contributed by atoms with E-state index in [2.05, 4.69) is 28.1 Å². The molecule has 0 saturated heterocycles. The van der Waals surface area contributed by atoms with Gasteiger partial charge in [-0.3, -0.25) is 4.99 Å². The summed E-state index contributed by atoms with van der Waals surface area (Å²) in [5, 5.41) is 11.3. The zero-order valence-electron chi connectivity index (χ0n) is 13.6. The minimum atomic E-state index is 0.841. The first-order valence-corrected chi connectivity index (χ1v) is 7.20. The van der Waals surface area contributed by atoms with Gasteiger partial charge in [0.25, 0.3) is 0 Å². The predicted octanol–water partition coefficient (Wildman–Crippen LogP) is 3.27. The fourth-order valence-corrected chi connectivity index (χ4v) is 1.37. The van der Waals surface area contributed by atoms with Gasteiger partial charge < -0.3 is 10.4 Å². The van der Waals surface area contributed by atoms with Gasteiger partial charge in [-0.05, 0) is 58.3 Å². The van der Waals surface area contributed by atoms with E-state index in [0.717, 1.165) is 24.9 Å². The van der Waals surface area contributed by atoms with Crippen LogP contribution in [0.25, 0.3) is 0 Å². The van der Waals surface area contributed by atoms with Crippen molar-refractivity contribution < 1.29 is 5.11 Å². The van der Waals surface area contributed by atoms with Crippen molar-refractivity contribution in [3.05, 3.63) is 47.7 Å². The zero-order chi connectivity index (χ0) is 16.5. The first-order valence-electron chi connectivity index (χ1n) is 7.20. The normalized spacial score (nSPS) is 9.41. The molecule has 0 aromatic heterocycles. The molecule has 0 radical (unpaired) electrons. The van der Waals surface area contributed by atoms with E-state index in [0.29, 0.717) is 0 Å². The molecular formula is C19H24N2O. The molecule has 1 rings (SSSR count). The number of aliphatic imine (C=N–C) groups is 1. The standard InChI is InChI=1S/C10H16N2.C9H8O/c1-3-4-5-9-12-10-7-6-8-11-2;1-8-2-4-9(5-3-8)6-7-10/h5,9-11H,6-8H2,1-2H3;2-5,10H,1H3/b9-5-,12-10?;. The number of aryl methyl sites for hydroxylation is 1. The number of aliphatic hydroxyl groups excluding tert-OH is 1. The first-order chi connectivity index (χ1) is 10.7.